The molecule has 3 rings (SSSR count). The molecule has 0 nitrogen and oxygen atoms in total. The second kappa shape index (κ2) is 3.09. The first-order valence-corrected chi connectivity index (χ1v) is 5.14. The Morgan fingerprint density at radius 1 is 0.933 bits per heavy atom. The van der Waals surface area contributed by atoms with E-state index in [4.69, 9.17) is 0 Å². The molecule has 0 bridgehead atoms. The summed E-state index contributed by atoms with van der Waals surface area (Å²) >= 11 is 0. The van der Waals surface area contributed by atoms with Crippen LogP contribution in [0.2, 0.25) is 0 Å². The zero-order valence-corrected chi connectivity index (χ0v) is 8.62. The Morgan fingerprint density at radius 3 is 2.73 bits per heavy atom. The molecule has 0 saturated carbocycles. The minimum Gasteiger partial charge on any atom is -0.0616 e. The molecule has 0 unspecified atom stereocenters. The molecule has 71 valence electrons. The third-order valence-corrected chi connectivity index (χ3v) is 2.80. The van der Waals surface area contributed by atoms with E-state index in [0.717, 1.165) is 0 Å². The summed E-state index contributed by atoms with van der Waals surface area (Å²) < 4.78 is 0. The van der Waals surface area contributed by atoms with Gasteiger partial charge in [0.15, 0.2) is 0 Å². The molecule has 0 aliphatic rings. The molecule has 0 heteroatoms. The van der Waals surface area contributed by atoms with Crippen LogP contribution in [-0.4, -0.2) is 0 Å². The van der Waals surface area contributed by atoms with Gasteiger partial charge in [0.05, 0.1) is 0 Å². The maximum absolute atomic E-state index is 3.31. The van der Waals surface area contributed by atoms with Gasteiger partial charge in [0, 0.05) is 0 Å². The van der Waals surface area contributed by atoms with Crippen molar-refractivity contribution in [1.82, 2.24) is 0 Å². The van der Waals surface area contributed by atoms with E-state index in [0.29, 0.717) is 0 Å². The average Bonchev–Trinajstić information content (AvgIpc) is 2.29. The SMILES string of the molecule is Cc1c[c]c2ccc3ccccc3c2c1. The Kier molecular flexibility index (Phi) is 1.75. The van der Waals surface area contributed by atoms with Crippen molar-refractivity contribution >= 4 is 21.5 Å². The predicted molar refractivity (Wildman–Crippen MR) is 65.0 cm³/mol. The van der Waals surface area contributed by atoms with E-state index in [-0.39, 0.29) is 0 Å². The van der Waals surface area contributed by atoms with Gasteiger partial charge in [0.25, 0.3) is 0 Å². The number of rotatable bonds is 0. The van der Waals surface area contributed by atoms with Crippen LogP contribution < -0.4 is 0 Å². The second-order valence-corrected chi connectivity index (χ2v) is 3.92. The van der Waals surface area contributed by atoms with E-state index in [1.54, 1.807) is 0 Å². The van der Waals surface area contributed by atoms with Crippen molar-refractivity contribution in [3.05, 3.63) is 60.2 Å². The van der Waals surface area contributed by atoms with Gasteiger partial charge in [-0.15, -0.1) is 0 Å². The van der Waals surface area contributed by atoms with E-state index in [9.17, 15) is 0 Å². The lowest BCUT2D eigenvalue weighted by molar-refractivity contribution is 1.51. The molecule has 0 aromatic heterocycles. The van der Waals surface area contributed by atoms with Gasteiger partial charge in [0.1, 0.15) is 0 Å². The highest BCUT2D eigenvalue weighted by Crippen LogP contribution is 2.25. The van der Waals surface area contributed by atoms with E-state index < -0.39 is 0 Å². The van der Waals surface area contributed by atoms with E-state index in [1.165, 1.54) is 27.1 Å². The first kappa shape index (κ1) is 8.49. The molecule has 0 N–H and O–H groups in total. The van der Waals surface area contributed by atoms with Crippen molar-refractivity contribution in [3.8, 4) is 0 Å². The van der Waals surface area contributed by atoms with Gasteiger partial charge in [-0.3, -0.25) is 0 Å². The molecule has 1 radical (unpaired) electrons. The summed E-state index contributed by atoms with van der Waals surface area (Å²) in [4.78, 5) is 0. The first-order chi connectivity index (χ1) is 7.34. The van der Waals surface area contributed by atoms with Gasteiger partial charge in [-0.05, 0) is 40.1 Å². The third-order valence-electron chi connectivity index (χ3n) is 2.80. The fourth-order valence-corrected chi connectivity index (χ4v) is 2.04. The molecule has 0 aliphatic carbocycles. The fraction of sp³-hybridized carbons (Fsp3) is 0.0667. The van der Waals surface area contributed by atoms with Gasteiger partial charge in [-0.1, -0.05) is 48.5 Å². The molecular weight excluding hydrogens is 180 g/mol. The Morgan fingerprint density at radius 2 is 1.80 bits per heavy atom. The molecule has 15 heavy (non-hydrogen) atoms. The normalized spacial score (nSPS) is 11.0. The van der Waals surface area contributed by atoms with E-state index >= 15 is 0 Å². The quantitative estimate of drug-likeness (QED) is 0.469. The summed E-state index contributed by atoms with van der Waals surface area (Å²) in [6, 6.07) is 20.4. The van der Waals surface area contributed by atoms with Crippen LogP contribution in [0.5, 0.6) is 0 Å². The summed E-state index contributed by atoms with van der Waals surface area (Å²) in [5, 5.41) is 5.10. The average molecular weight is 191 g/mol. The molecule has 0 atom stereocenters. The van der Waals surface area contributed by atoms with Crippen LogP contribution in [0.1, 0.15) is 5.56 Å². The number of hydrogen-bond donors (Lipinski definition) is 0. The molecule has 3 aromatic rings. The third kappa shape index (κ3) is 1.30. The minimum atomic E-state index is 1.19. The molecule has 3 aromatic carbocycles. The Labute approximate surface area is 89.2 Å². The molecule has 0 aliphatic heterocycles. The van der Waals surface area contributed by atoms with E-state index in [1.807, 2.05) is 6.07 Å². The van der Waals surface area contributed by atoms with Crippen LogP contribution in [0, 0.1) is 13.0 Å². The smallest absolute Gasteiger partial charge is 0.00962 e. The predicted octanol–water partition coefficient (Wildman–Crippen LogP) is 4.10. The van der Waals surface area contributed by atoms with Gasteiger partial charge in [-0.25, -0.2) is 0 Å². The van der Waals surface area contributed by atoms with Crippen molar-refractivity contribution in [2.45, 2.75) is 6.92 Å². The van der Waals surface area contributed by atoms with Crippen LogP contribution >= 0.6 is 0 Å². The zero-order valence-electron chi connectivity index (χ0n) is 8.62. The molecule has 0 spiro atoms. The lowest BCUT2D eigenvalue weighted by Gasteiger charge is -2.03. The second-order valence-electron chi connectivity index (χ2n) is 3.92. The number of hydrogen-bond acceptors (Lipinski definition) is 0. The molecule has 0 amide bonds. The first-order valence-electron chi connectivity index (χ1n) is 5.14. The standard InChI is InChI=1S/C15H11/c1-11-6-7-13-9-8-12-4-2-3-5-14(12)15(13)10-11/h2-6,8-10H,1H3. The summed E-state index contributed by atoms with van der Waals surface area (Å²) in [5.74, 6) is 0. The lowest BCUT2D eigenvalue weighted by Crippen LogP contribution is -1.79. The van der Waals surface area contributed by atoms with Gasteiger partial charge in [0.2, 0.25) is 0 Å². The number of benzene rings is 3. The van der Waals surface area contributed by atoms with Crippen LogP contribution in [0.15, 0.2) is 48.5 Å². The maximum Gasteiger partial charge on any atom is -0.00962 e. The highest BCUT2D eigenvalue weighted by molar-refractivity contribution is 6.07. The summed E-state index contributed by atoms with van der Waals surface area (Å²) in [6.45, 7) is 2.11. The van der Waals surface area contributed by atoms with Crippen molar-refractivity contribution in [1.29, 1.82) is 0 Å². The van der Waals surface area contributed by atoms with Crippen molar-refractivity contribution in [2.24, 2.45) is 0 Å². The Hall–Kier alpha value is -1.82. The number of aryl methyl sites for hydroxylation is 1. The Bertz CT molecular complexity index is 636. The van der Waals surface area contributed by atoms with Crippen molar-refractivity contribution in [2.75, 3.05) is 0 Å². The summed E-state index contributed by atoms with van der Waals surface area (Å²) in [5.41, 5.74) is 1.26. The fourth-order valence-electron chi connectivity index (χ4n) is 2.04. The van der Waals surface area contributed by atoms with Crippen molar-refractivity contribution < 1.29 is 0 Å². The van der Waals surface area contributed by atoms with Gasteiger partial charge in [-0.2, -0.15) is 0 Å². The van der Waals surface area contributed by atoms with E-state index in [2.05, 4.69) is 55.5 Å². The van der Waals surface area contributed by atoms with Crippen LogP contribution in [0.25, 0.3) is 21.5 Å². The van der Waals surface area contributed by atoms with Gasteiger partial charge >= 0.3 is 0 Å². The lowest BCUT2D eigenvalue weighted by atomic mass is 10.0. The minimum absolute atomic E-state index is 1.19. The summed E-state index contributed by atoms with van der Waals surface area (Å²) in [6.07, 6.45) is 0. The topological polar surface area (TPSA) is 0 Å². The monoisotopic (exact) mass is 191 g/mol. The molecule has 0 saturated heterocycles. The Balaban J connectivity index is 2.57. The zero-order chi connectivity index (χ0) is 10.3. The number of fused-ring (bicyclic) bond motifs is 3. The van der Waals surface area contributed by atoms with Gasteiger partial charge < -0.3 is 0 Å². The molecule has 0 heterocycles. The van der Waals surface area contributed by atoms with Crippen LogP contribution in [0.3, 0.4) is 0 Å². The highest BCUT2D eigenvalue weighted by atomic mass is 14.0. The molecular formula is C15H11. The largest absolute Gasteiger partial charge is 0.0616 e. The van der Waals surface area contributed by atoms with Crippen LogP contribution in [0.4, 0.5) is 0 Å². The molecule has 0 fully saturated rings. The van der Waals surface area contributed by atoms with Crippen molar-refractivity contribution in [3.63, 3.8) is 0 Å². The maximum atomic E-state index is 3.31. The summed E-state index contributed by atoms with van der Waals surface area (Å²) in [7, 11) is 0. The highest BCUT2D eigenvalue weighted by Gasteiger charge is 1.99. The van der Waals surface area contributed by atoms with Crippen LogP contribution in [-0.2, 0) is 0 Å².